The van der Waals surface area contributed by atoms with Crippen LogP contribution in [0.3, 0.4) is 0 Å². The summed E-state index contributed by atoms with van der Waals surface area (Å²) in [5.74, 6) is 0.917. The molecule has 1 aromatic rings. The molecule has 1 N–H and O–H groups in total. The van der Waals surface area contributed by atoms with Gasteiger partial charge in [-0.1, -0.05) is 0 Å². The van der Waals surface area contributed by atoms with Gasteiger partial charge in [-0.05, 0) is 38.2 Å². The molecule has 2 aliphatic heterocycles. The molecule has 22 heavy (non-hydrogen) atoms. The third kappa shape index (κ3) is 3.67. The van der Waals surface area contributed by atoms with Crippen LogP contribution in [0.2, 0.25) is 0 Å². The molecule has 1 aromatic heterocycles. The summed E-state index contributed by atoms with van der Waals surface area (Å²) in [5, 5.41) is 8.12. The number of ether oxygens (including phenoxy) is 1. The van der Waals surface area contributed by atoms with Gasteiger partial charge in [0.1, 0.15) is 5.82 Å². The minimum atomic E-state index is -0.0577. The molecule has 0 aliphatic carbocycles. The zero-order valence-corrected chi connectivity index (χ0v) is 13.3. The Bertz CT molecular complexity index is 539. The van der Waals surface area contributed by atoms with E-state index >= 15 is 0 Å². The van der Waals surface area contributed by atoms with Gasteiger partial charge in [0.15, 0.2) is 0 Å². The molecule has 0 radical (unpaired) electrons. The van der Waals surface area contributed by atoms with E-state index in [0.717, 1.165) is 45.0 Å². The van der Waals surface area contributed by atoms with E-state index in [1.165, 1.54) is 23.9 Å². The monoisotopic (exact) mass is 306 g/mol. The van der Waals surface area contributed by atoms with Crippen molar-refractivity contribution in [3.05, 3.63) is 22.5 Å². The van der Waals surface area contributed by atoms with Gasteiger partial charge in [0.25, 0.3) is 5.56 Å². The second kappa shape index (κ2) is 7.24. The topological polar surface area (TPSA) is 59.4 Å². The summed E-state index contributed by atoms with van der Waals surface area (Å²) in [6, 6.07) is 4.50. The lowest BCUT2D eigenvalue weighted by Gasteiger charge is -2.38. The van der Waals surface area contributed by atoms with Gasteiger partial charge in [-0.2, -0.15) is 5.10 Å². The van der Waals surface area contributed by atoms with Crippen LogP contribution < -0.4 is 15.8 Å². The van der Waals surface area contributed by atoms with Crippen LogP contribution in [0.5, 0.6) is 0 Å². The summed E-state index contributed by atoms with van der Waals surface area (Å²) in [7, 11) is 1.71. The van der Waals surface area contributed by atoms with Crippen molar-refractivity contribution in [2.24, 2.45) is 7.05 Å². The molecule has 0 aromatic carbocycles. The third-order valence-electron chi connectivity index (χ3n) is 4.73. The van der Waals surface area contributed by atoms with E-state index in [1.54, 1.807) is 13.1 Å². The van der Waals surface area contributed by atoms with Crippen LogP contribution in [-0.2, 0) is 11.8 Å². The molecule has 2 aliphatic rings. The number of anilines is 1. The van der Waals surface area contributed by atoms with Crippen LogP contribution in [0.15, 0.2) is 16.9 Å². The normalized spacial score (nSPS) is 23.7. The molecular weight excluding hydrogens is 280 g/mol. The quantitative estimate of drug-likeness (QED) is 0.896. The number of hydrogen-bond donors (Lipinski definition) is 1. The fourth-order valence-corrected chi connectivity index (χ4v) is 3.36. The molecule has 2 saturated heterocycles. The van der Waals surface area contributed by atoms with Gasteiger partial charge >= 0.3 is 0 Å². The Balaban J connectivity index is 1.65. The molecule has 122 valence electrons. The Morgan fingerprint density at radius 2 is 2.09 bits per heavy atom. The lowest BCUT2D eigenvalue weighted by molar-refractivity contribution is 0.0774. The first kappa shape index (κ1) is 15.5. The van der Waals surface area contributed by atoms with Gasteiger partial charge in [-0.15, -0.1) is 0 Å². The largest absolute Gasteiger partial charge is 0.381 e. The lowest BCUT2D eigenvalue weighted by Crippen LogP contribution is -2.49. The average molecular weight is 306 g/mol. The molecule has 0 saturated carbocycles. The summed E-state index contributed by atoms with van der Waals surface area (Å²) in [6.07, 6.45) is 5.84. The molecule has 3 rings (SSSR count). The molecular formula is C16H26N4O2. The molecule has 0 bridgehead atoms. The summed E-state index contributed by atoms with van der Waals surface area (Å²) in [6.45, 7) is 3.74. The SMILES string of the molecule is Cn1nc(N2CCCCC2CNC2CCOCC2)ccc1=O. The predicted octanol–water partition coefficient (Wildman–Crippen LogP) is 0.908. The zero-order chi connectivity index (χ0) is 15.4. The van der Waals surface area contributed by atoms with Crippen molar-refractivity contribution in [1.82, 2.24) is 15.1 Å². The van der Waals surface area contributed by atoms with Crippen LogP contribution in [0.4, 0.5) is 5.82 Å². The number of nitrogens with zero attached hydrogens (tertiary/aromatic N) is 3. The van der Waals surface area contributed by atoms with Crippen molar-refractivity contribution >= 4 is 5.82 Å². The Hall–Kier alpha value is -1.40. The number of rotatable bonds is 4. The fraction of sp³-hybridized carbons (Fsp3) is 0.750. The molecule has 3 heterocycles. The first-order valence-corrected chi connectivity index (χ1v) is 8.36. The van der Waals surface area contributed by atoms with E-state index in [1.807, 2.05) is 6.07 Å². The van der Waals surface area contributed by atoms with E-state index in [-0.39, 0.29) is 5.56 Å². The van der Waals surface area contributed by atoms with Crippen molar-refractivity contribution in [2.45, 2.75) is 44.2 Å². The highest BCUT2D eigenvalue weighted by molar-refractivity contribution is 5.38. The highest BCUT2D eigenvalue weighted by Crippen LogP contribution is 2.22. The minimum Gasteiger partial charge on any atom is -0.381 e. The molecule has 6 nitrogen and oxygen atoms in total. The van der Waals surface area contributed by atoms with Gasteiger partial charge in [-0.25, -0.2) is 4.68 Å². The smallest absolute Gasteiger partial charge is 0.266 e. The van der Waals surface area contributed by atoms with Crippen LogP contribution >= 0.6 is 0 Å². The minimum absolute atomic E-state index is 0.0577. The number of aryl methyl sites for hydroxylation is 1. The molecule has 2 fully saturated rings. The molecule has 1 atom stereocenters. The maximum Gasteiger partial charge on any atom is 0.266 e. The summed E-state index contributed by atoms with van der Waals surface area (Å²) in [5.41, 5.74) is -0.0577. The Kier molecular flexibility index (Phi) is 5.10. The first-order chi connectivity index (χ1) is 10.7. The fourth-order valence-electron chi connectivity index (χ4n) is 3.36. The van der Waals surface area contributed by atoms with Crippen molar-refractivity contribution in [1.29, 1.82) is 0 Å². The second-order valence-corrected chi connectivity index (χ2v) is 6.29. The van der Waals surface area contributed by atoms with Crippen LogP contribution in [-0.4, -0.2) is 48.2 Å². The van der Waals surface area contributed by atoms with Crippen molar-refractivity contribution < 1.29 is 4.74 Å². The highest BCUT2D eigenvalue weighted by Gasteiger charge is 2.25. The molecule has 0 spiro atoms. The van der Waals surface area contributed by atoms with Crippen LogP contribution in [0.1, 0.15) is 32.1 Å². The summed E-state index contributed by atoms with van der Waals surface area (Å²) >= 11 is 0. The zero-order valence-electron chi connectivity index (χ0n) is 13.3. The maximum absolute atomic E-state index is 11.5. The second-order valence-electron chi connectivity index (χ2n) is 6.29. The Morgan fingerprint density at radius 3 is 2.86 bits per heavy atom. The van der Waals surface area contributed by atoms with Gasteiger partial charge in [0.2, 0.25) is 0 Å². The third-order valence-corrected chi connectivity index (χ3v) is 4.73. The van der Waals surface area contributed by atoms with Gasteiger partial charge in [0, 0.05) is 51.5 Å². The Labute approximate surface area is 131 Å². The molecule has 0 amide bonds. The Morgan fingerprint density at radius 1 is 1.27 bits per heavy atom. The van der Waals surface area contributed by atoms with E-state index in [0.29, 0.717) is 12.1 Å². The number of nitrogens with one attached hydrogen (secondary N) is 1. The summed E-state index contributed by atoms with van der Waals surface area (Å²) < 4.78 is 6.84. The maximum atomic E-state index is 11.5. The van der Waals surface area contributed by atoms with Gasteiger partial charge in [0.05, 0.1) is 0 Å². The first-order valence-electron chi connectivity index (χ1n) is 8.36. The standard InChI is InChI=1S/C16H26N4O2/c1-19-16(21)6-5-15(18-19)20-9-3-2-4-14(20)12-17-13-7-10-22-11-8-13/h5-6,13-14,17H,2-4,7-12H2,1H3. The van der Waals surface area contributed by atoms with Crippen molar-refractivity contribution in [3.63, 3.8) is 0 Å². The predicted molar refractivity (Wildman–Crippen MR) is 86.3 cm³/mol. The van der Waals surface area contributed by atoms with E-state index in [4.69, 9.17) is 4.74 Å². The average Bonchev–Trinajstić information content (AvgIpc) is 2.57. The molecule has 1 unspecified atom stereocenters. The number of aromatic nitrogens is 2. The highest BCUT2D eigenvalue weighted by atomic mass is 16.5. The van der Waals surface area contributed by atoms with E-state index in [2.05, 4.69) is 15.3 Å². The van der Waals surface area contributed by atoms with E-state index < -0.39 is 0 Å². The van der Waals surface area contributed by atoms with Gasteiger partial charge in [-0.3, -0.25) is 4.79 Å². The number of hydrogen-bond acceptors (Lipinski definition) is 5. The summed E-state index contributed by atoms with van der Waals surface area (Å²) in [4.78, 5) is 13.9. The van der Waals surface area contributed by atoms with Crippen molar-refractivity contribution in [2.75, 3.05) is 31.2 Å². The molecule has 6 heteroatoms. The van der Waals surface area contributed by atoms with Crippen LogP contribution in [0.25, 0.3) is 0 Å². The number of piperidine rings is 1. The van der Waals surface area contributed by atoms with Crippen LogP contribution in [0, 0.1) is 0 Å². The van der Waals surface area contributed by atoms with Crippen molar-refractivity contribution in [3.8, 4) is 0 Å². The van der Waals surface area contributed by atoms with E-state index in [9.17, 15) is 4.79 Å². The van der Waals surface area contributed by atoms with Gasteiger partial charge < -0.3 is 15.0 Å². The lowest BCUT2D eigenvalue weighted by atomic mass is 10.0.